The van der Waals surface area contributed by atoms with Gasteiger partial charge in [-0.3, -0.25) is 4.79 Å². The Morgan fingerprint density at radius 2 is 1.78 bits per heavy atom. The van der Waals surface area contributed by atoms with Crippen LogP contribution in [-0.2, 0) is 9.53 Å². The van der Waals surface area contributed by atoms with Crippen molar-refractivity contribution in [2.75, 3.05) is 6.61 Å². The average Bonchev–Trinajstić information content (AvgIpc) is 2.67. The molecule has 146 valence electrons. The van der Waals surface area contributed by atoms with Crippen molar-refractivity contribution in [3.05, 3.63) is 29.8 Å². The van der Waals surface area contributed by atoms with Crippen LogP contribution >= 0.6 is 0 Å². The van der Waals surface area contributed by atoms with E-state index in [1.54, 1.807) is 24.3 Å². The van der Waals surface area contributed by atoms with Gasteiger partial charge in [-0.2, -0.15) is 5.26 Å². The summed E-state index contributed by atoms with van der Waals surface area (Å²) in [6.45, 7) is 6.23. The zero-order valence-corrected chi connectivity index (χ0v) is 16.3. The summed E-state index contributed by atoms with van der Waals surface area (Å²) in [5.74, 6) is 0.0700. The Morgan fingerprint density at radius 1 is 1.15 bits per heavy atom. The molecule has 1 aromatic carbocycles. The van der Waals surface area contributed by atoms with E-state index in [4.69, 9.17) is 9.47 Å². The molecule has 1 amide bonds. The molecule has 1 aliphatic carbocycles. The molecule has 27 heavy (non-hydrogen) atoms. The predicted molar refractivity (Wildman–Crippen MR) is 101 cm³/mol. The van der Waals surface area contributed by atoms with Crippen LogP contribution in [0.4, 0.5) is 0 Å². The lowest BCUT2D eigenvalue weighted by molar-refractivity contribution is -0.130. The van der Waals surface area contributed by atoms with E-state index in [0.717, 1.165) is 19.3 Å². The summed E-state index contributed by atoms with van der Waals surface area (Å²) in [4.78, 5) is 24.7. The van der Waals surface area contributed by atoms with Crippen LogP contribution in [0.1, 0.15) is 63.2 Å². The number of benzene rings is 1. The lowest BCUT2D eigenvalue weighted by Crippen LogP contribution is -2.52. The Labute approximate surface area is 160 Å². The molecule has 1 fully saturated rings. The third kappa shape index (κ3) is 5.99. The van der Waals surface area contributed by atoms with Gasteiger partial charge < -0.3 is 14.8 Å². The van der Waals surface area contributed by atoms with Crippen molar-refractivity contribution in [3.8, 4) is 11.8 Å². The average molecular weight is 372 g/mol. The molecule has 6 heteroatoms. The molecule has 1 aliphatic rings. The van der Waals surface area contributed by atoms with Crippen LogP contribution in [0.3, 0.4) is 0 Å². The van der Waals surface area contributed by atoms with Crippen LogP contribution in [0.25, 0.3) is 0 Å². The SMILES string of the molecule is CC(C)COc1ccc(C(=O)OC(C)C(=O)NC2(C#N)CCCCC2)cc1. The summed E-state index contributed by atoms with van der Waals surface area (Å²) >= 11 is 0. The molecule has 0 aromatic heterocycles. The number of nitriles is 1. The number of nitrogens with zero attached hydrogens (tertiary/aromatic N) is 1. The highest BCUT2D eigenvalue weighted by Gasteiger charge is 2.35. The molecule has 0 aliphatic heterocycles. The van der Waals surface area contributed by atoms with Gasteiger partial charge in [0.1, 0.15) is 11.3 Å². The molecule has 6 nitrogen and oxygen atoms in total. The number of hydrogen-bond acceptors (Lipinski definition) is 5. The van der Waals surface area contributed by atoms with Crippen LogP contribution in [-0.4, -0.2) is 30.1 Å². The molecule has 0 spiro atoms. The molecule has 1 saturated carbocycles. The number of rotatable bonds is 7. The first-order valence-electron chi connectivity index (χ1n) is 9.52. The van der Waals surface area contributed by atoms with E-state index in [9.17, 15) is 14.9 Å². The van der Waals surface area contributed by atoms with Crippen LogP contribution in [0.2, 0.25) is 0 Å². The second-order valence-electron chi connectivity index (χ2n) is 7.52. The first-order valence-corrected chi connectivity index (χ1v) is 9.52. The molecule has 0 bridgehead atoms. The highest BCUT2D eigenvalue weighted by Crippen LogP contribution is 2.27. The quantitative estimate of drug-likeness (QED) is 0.739. The number of nitrogens with one attached hydrogen (secondary N) is 1. The Bertz CT molecular complexity index is 685. The normalized spacial score (nSPS) is 16.9. The summed E-state index contributed by atoms with van der Waals surface area (Å²) in [7, 11) is 0. The van der Waals surface area contributed by atoms with Gasteiger partial charge in [0, 0.05) is 0 Å². The lowest BCUT2D eigenvalue weighted by Gasteiger charge is -2.32. The molecule has 2 rings (SSSR count). The molecular formula is C21H28N2O4. The summed E-state index contributed by atoms with van der Waals surface area (Å²) in [5.41, 5.74) is -0.495. The summed E-state index contributed by atoms with van der Waals surface area (Å²) in [6, 6.07) is 8.86. The molecule has 0 heterocycles. The first-order chi connectivity index (χ1) is 12.8. The van der Waals surface area contributed by atoms with Gasteiger partial charge >= 0.3 is 5.97 Å². The minimum absolute atomic E-state index is 0.346. The van der Waals surface area contributed by atoms with Gasteiger partial charge in [0.15, 0.2) is 6.10 Å². The molecule has 1 aromatic rings. The third-order valence-corrected chi connectivity index (χ3v) is 4.61. The summed E-state index contributed by atoms with van der Waals surface area (Å²) < 4.78 is 10.8. The number of carbonyl (C=O) groups excluding carboxylic acids is 2. The van der Waals surface area contributed by atoms with Crippen LogP contribution in [0, 0.1) is 17.2 Å². The summed E-state index contributed by atoms with van der Waals surface area (Å²) in [6.07, 6.45) is 3.18. The van der Waals surface area contributed by atoms with Crippen molar-refractivity contribution in [3.63, 3.8) is 0 Å². The van der Waals surface area contributed by atoms with Crippen molar-refractivity contribution in [1.29, 1.82) is 5.26 Å². The number of hydrogen-bond donors (Lipinski definition) is 1. The molecule has 1 atom stereocenters. The van der Waals surface area contributed by atoms with E-state index >= 15 is 0 Å². The number of carbonyl (C=O) groups is 2. The fourth-order valence-corrected chi connectivity index (χ4v) is 2.99. The number of esters is 1. The maximum atomic E-state index is 12.4. The van der Waals surface area contributed by atoms with Crippen molar-refractivity contribution in [1.82, 2.24) is 5.32 Å². The topological polar surface area (TPSA) is 88.4 Å². The highest BCUT2D eigenvalue weighted by molar-refractivity contribution is 5.92. The van der Waals surface area contributed by atoms with E-state index in [2.05, 4.69) is 25.2 Å². The van der Waals surface area contributed by atoms with Crippen molar-refractivity contribution >= 4 is 11.9 Å². The highest BCUT2D eigenvalue weighted by atomic mass is 16.5. The van der Waals surface area contributed by atoms with Crippen LogP contribution < -0.4 is 10.1 Å². The lowest BCUT2D eigenvalue weighted by atomic mass is 9.83. The van der Waals surface area contributed by atoms with Gasteiger partial charge in [-0.1, -0.05) is 33.1 Å². The predicted octanol–water partition coefficient (Wildman–Crippen LogP) is 3.61. The van der Waals surface area contributed by atoms with Gasteiger partial charge in [-0.25, -0.2) is 4.79 Å². The minimum atomic E-state index is -0.971. The summed E-state index contributed by atoms with van der Waals surface area (Å²) in [5, 5.41) is 12.2. The van der Waals surface area contributed by atoms with Crippen molar-refractivity contribution < 1.29 is 19.1 Å². The molecule has 0 radical (unpaired) electrons. The fourth-order valence-electron chi connectivity index (χ4n) is 2.99. The maximum Gasteiger partial charge on any atom is 0.338 e. The Hall–Kier alpha value is -2.55. The van der Waals surface area contributed by atoms with Gasteiger partial charge in [-0.15, -0.1) is 0 Å². The van der Waals surface area contributed by atoms with E-state index < -0.39 is 23.5 Å². The standard InChI is InChI=1S/C21H28N2O4/c1-15(2)13-26-18-9-7-17(8-10-18)20(25)27-16(3)19(24)23-21(14-22)11-5-4-6-12-21/h7-10,15-16H,4-6,11-13H2,1-3H3,(H,23,24). The Kier molecular flexibility index (Phi) is 7.23. The Balaban J connectivity index is 1.90. The van der Waals surface area contributed by atoms with E-state index in [1.807, 2.05) is 0 Å². The molecular weight excluding hydrogens is 344 g/mol. The van der Waals surface area contributed by atoms with Gasteiger partial charge in [0.2, 0.25) is 0 Å². The Morgan fingerprint density at radius 3 is 2.33 bits per heavy atom. The number of ether oxygens (including phenoxy) is 2. The van der Waals surface area contributed by atoms with E-state index in [-0.39, 0.29) is 0 Å². The number of amides is 1. The fraction of sp³-hybridized carbons (Fsp3) is 0.571. The van der Waals surface area contributed by atoms with Gasteiger partial charge in [-0.05, 0) is 49.9 Å². The molecule has 1 unspecified atom stereocenters. The third-order valence-electron chi connectivity index (χ3n) is 4.61. The zero-order valence-electron chi connectivity index (χ0n) is 16.3. The van der Waals surface area contributed by atoms with Gasteiger partial charge in [0.25, 0.3) is 5.91 Å². The zero-order chi connectivity index (χ0) is 19.9. The largest absolute Gasteiger partial charge is 0.493 e. The van der Waals surface area contributed by atoms with Crippen molar-refractivity contribution in [2.24, 2.45) is 5.92 Å². The van der Waals surface area contributed by atoms with Crippen molar-refractivity contribution in [2.45, 2.75) is 64.5 Å². The van der Waals surface area contributed by atoms with E-state index in [1.165, 1.54) is 6.92 Å². The maximum absolute atomic E-state index is 12.4. The second kappa shape index (κ2) is 9.40. The first kappa shape index (κ1) is 20.8. The van der Waals surface area contributed by atoms with Crippen LogP contribution in [0.15, 0.2) is 24.3 Å². The van der Waals surface area contributed by atoms with E-state index in [0.29, 0.717) is 36.7 Å². The smallest absolute Gasteiger partial charge is 0.338 e. The molecule has 1 N–H and O–H groups in total. The monoisotopic (exact) mass is 372 g/mol. The van der Waals surface area contributed by atoms with Crippen LogP contribution in [0.5, 0.6) is 5.75 Å². The second-order valence-corrected chi connectivity index (χ2v) is 7.52. The molecule has 0 saturated heterocycles. The minimum Gasteiger partial charge on any atom is -0.493 e. The van der Waals surface area contributed by atoms with Gasteiger partial charge in [0.05, 0.1) is 18.2 Å².